The van der Waals surface area contributed by atoms with Gasteiger partial charge in [0.25, 0.3) is 0 Å². The number of rotatable bonds is 7. The van der Waals surface area contributed by atoms with Crippen LogP contribution < -0.4 is 10.6 Å². The van der Waals surface area contributed by atoms with Crippen molar-refractivity contribution in [3.05, 3.63) is 71.1 Å². The highest BCUT2D eigenvalue weighted by Crippen LogP contribution is 2.30. The number of benzene rings is 2. The van der Waals surface area contributed by atoms with Gasteiger partial charge in [0.1, 0.15) is 17.2 Å². The first kappa shape index (κ1) is 21.8. The highest BCUT2D eigenvalue weighted by molar-refractivity contribution is 6.33. The van der Waals surface area contributed by atoms with Crippen molar-refractivity contribution in [1.29, 1.82) is 0 Å². The quantitative estimate of drug-likeness (QED) is 0.432. The van der Waals surface area contributed by atoms with E-state index in [2.05, 4.69) is 25.1 Å². The number of hydrogen-bond acceptors (Lipinski definition) is 6. The van der Waals surface area contributed by atoms with E-state index in [1.807, 2.05) is 30.3 Å². The Bertz CT molecular complexity index is 1250. The summed E-state index contributed by atoms with van der Waals surface area (Å²) < 4.78 is 16.1. The van der Waals surface area contributed by atoms with Gasteiger partial charge in [-0.2, -0.15) is 4.98 Å². The first-order valence-electron chi connectivity index (χ1n) is 11.1. The molecule has 1 aliphatic rings. The second-order valence-electron chi connectivity index (χ2n) is 8.01. The number of anilines is 1. The number of piperazine rings is 1. The predicted molar refractivity (Wildman–Crippen MR) is 129 cm³/mol. The van der Waals surface area contributed by atoms with Crippen LogP contribution in [0.5, 0.6) is 0 Å². The molecular formula is C24H25ClFN7. The molecule has 5 rings (SSSR count). The Morgan fingerprint density at radius 2 is 1.79 bits per heavy atom. The number of nitrogens with one attached hydrogen (secondary N) is 2. The molecule has 2 aromatic carbocycles. The molecule has 1 saturated heterocycles. The summed E-state index contributed by atoms with van der Waals surface area (Å²) in [6.07, 6.45) is 1.70. The Hall–Kier alpha value is -3.07. The van der Waals surface area contributed by atoms with Crippen molar-refractivity contribution in [2.45, 2.75) is 13.1 Å². The van der Waals surface area contributed by atoms with Crippen molar-refractivity contribution < 1.29 is 4.39 Å². The van der Waals surface area contributed by atoms with Gasteiger partial charge < -0.3 is 15.2 Å². The molecule has 2 aromatic heterocycles. The molecule has 0 atom stereocenters. The Labute approximate surface area is 196 Å². The summed E-state index contributed by atoms with van der Waals surface area (Å²) in [5, 5.41) is 7.17. The number of hydrogen-bond donors (Lipinski definition) is 2. The Kier molecular flexibility index (Phi) is 6.48. The molecule has 0 radical (unpaired) electrons. The maximum absolute atomic E-state index is 14.0. The lowest BCUT2D eigenvalue weighted by Crippen LogP contribution is -2.44. The number of halogens is 2. The van der Waals surface area contributed by atoms with E-state index in [0.29, 0.717) is 28.6 Å². The zero-order valence-corrected chi connectivity index (χ0v) is 18.9. The Morgan fingerprint density at radius 3 is 2.61 bits per heavy atom. The standard InChI is InChI=1S/C24H25ClFN7/c25-19-7-3-2-6-18(19)22-30-21-16-29-24(28-15-17-5-1-4-8-20(17)26)31-23(21)33(22)14-13-32-11-9-27-10-12-32/h1-8,16,27H,9-15H2,(H,28,29,31). The summed E-state index contributed by atoms with van der Waals surface area (Å²) in [6, 6.07) is 14.4. The molecule has 4 aromatic rings. The lowest BCUT2D eigenvalue weighted by molar-refractivity contribution is 0.233. The molecule has 0 bridgehead atoms. The average Bonchev–Trinajstić information content (AvgIpc) is 3.20. The largest absolute Gasteiger partial charge is 0.350 e. The fourth-order valence-electron chi connectivity index (χ4n) is 4.06. The maximum atomic E-state index is 14.0. The molecule has 0 aliphatic carbocycles. The van der Waals surface area contributed by atoms with Crippen molar-refractivity contribution in [1.82, 2.24) is 29.7 Å². The number of aromatic nitrogens is 4. The van der Waals surface area contributed by atoms with Crippen molar-refractivity contribution >= 4 is 28.7 Å². The fourth-order valence-corrected chi connectivity index (χ4v) is 4.28. The lowest BCUT2D eigenvalue weighted by atomic mass is 10.2. The number of imidazole rings is 1. The van der Waals surface area contributed by atoms with Crippen molar-refractivity contribution in [2.75, 3.05) is 38.0 Å². The van der Waals surface area contributed by atoms with Gasteiger partial charge in [-0.1, -0.05) is 41.9 Å². The maximum Gasteiger partial charge on any atom is 0.225 e. The molecule has 1 aliphatic heterocycles. The third-order valence-electron chi connectivity index (χ3n) is 5.85. The minimum atomic E-state index is -0.256. The summed E-state index contributed by atoms with van der Waals surface area (Å²) in [7, 11) is 0. The Balaban J connectivity index is 1.48. The normalized spacial score (nSPS) is 14.6. The van der Waals surface area contributed by atoms with E-state index >= 15 is 0 Å². The van der Waals surface area contributed by atoms with Crippen molar-refractivity contribution in [3.8, 4) is 11.4 Å². The van der Waals surface area contributed by atoms with Crippen LogP contribution in [0.25, 0.3) is 22.6 Å². The van der Waals surface area contributed by atoms with Crippen LogP contribution in [0.1, 0.15) is 5.56 Å². The molecule has 7 nitrogen and oxygen atoms in total. The van der Waals surface area contributed by atoms with Gasteiger partial charge >= 0.3 is 0 Å². The van der Waals surface area contributed by atoms with Gasteiger partial charge in [0.05, 0.1) is 11.2 Å². The summed E-state index contributed by atoms with van der Waals surface area (Å²) >= 11 is 6.51. The number of nitrogens with zero attached hydrogens (tertiary/aromatic N) is 5. The van der Waals surface area contributed by atoms with Gasteiger partial charge in [0, 0.05) is 56.9 Å². The smallest absolute Gasteiger partial charge is 0.225 e. The van der Waals surface area contributed by atoms with Crippen LogP contribution >= 0.6 is 11.6 Å². The van der Waals surface area contributed by atoms with Gasteiger partial charge in [0.15, 0.2) is 5.65 Å². The molecule has 0 saturated carbocycles. The zero-order valence-electron chi connectivity index (χ0n) is 18.1. The molecule has 9 heteroatoms. The molecule has 33 heavy (non-hydrogen) atoms. The van der Waals surface area contributed by atoms with Gasteiger partial charge in [-0.25, -0.2) is 14.4 Å². The number of fused-ring (bicyclic) bond motifs is 1. The predicted octanol–water partition coefficient (Wildman–Crippen LogP) is 3.80. The first-order chi connectivity index (χ1) is 16.2. The van der Waals surface area contributed by atoms with E-state index < -0.39 is 0 Å². The van der Waals surface area contributed by atoms with Crippen LogP contribution in [0.2, 0.25) is 5.02 Å². The van der Waals surface area contributed by atoms with Gasteiger partial charge in [-0.15, -0.1) is 0 Å². The van der Waals surface area contributed by atoms with Gasteiger partial charge in [-0.05, 0) is 18.2 Å². The van der Waals surface area contributed by atoms with Crippen LogP contribution in [0.15, 0.2) is 54.7 Å². The summed E-state index contributed by atoms with van der Waals surface area (Å²) in [6.45, 7) is 5.91. The molecule has 2 N–H and O–H groups in total. The van der Waals surface area contributed by atoms with E-state index in [1.165, 1.54) is 6.07 Å². The second kappa shape index (κ2) is 9.82. The fraction of sp³-hybridized carbons (Fsp3) is 0.292. The van der Waals surface area contributed by atoms with Crippen LogP contribution in [0.4, 0.5) is 10.3 Å². The van der Waals surface area contributed by atoms with Crippen molar-refractivity contribution in [3.63, 3.8) is 0 Å². The molecule has 0 unspecified atom stereocenters. The van der Waals surface area contributed by atoms with Crippen LogP contribution in [-0.2, 0) is 13.1 Å². The molecule has 1 fully saturated rings. The van der Waals surface area contributed by atoms with E-state index in [-0.39, 0.29) is 5.82 Å². The van der Waals surface area contributed by atoms with Crippen LogP contribution in [-0.4, -0.2) is 57.1 Å². The van der Waals surface area contributed by atoms with Gasteiger partial charge in [0.2, 0.25) is 5.95 Å². The third-order valence-corrected chi connectivity index (χ3v) is 6.18. The first-order valence-corrected chi connectivity index (χ1v) is 11.5. The molecule has 170 valence electrons. The Morgan fingerprint density at radius 1 is 1.00 bits per heavy atom. The summed E-state index contributed by atoms with van der Waals surface area (Å²) in [4.78, 5) is 16.4. The van der Waals surface area contributed by atoms with E-state index in [4.69, 9.17) is 21.6 Å². The zero-order chi connectivity index (χ0) is 22.6. The van der Waals surface area contributed by atoms with Crippen molar-refractivity contribution in [2.24, 2.45) is 0 Å². The average molecular weight is 466 g/mol. The molecule has 0 spiro atoms. The SMILES string of the molecule is Fc1ccccc1CNc1ncc2nc(-c3ccccc3Cl)n(CCN3CCNCC3)c2n1. The summed E-state index contributed by atoms with van der Waals surface area (Å²) in [5.74, 6) is 0.944. The third kappa shape index (κ3) is 4.83. The topological polar surface area (TPSA) is 70.9 Å². The highest BCUT2D eigenvalue weighted by Gasteiger charge is 2.18. The molecule has 3 heterocycles. The minimum Gasteiger partial charge on any atom is -0.350 e. The molecule has 0 amide bonds. The van der Waals surface area contributed by atoms with Gasteiger partial charge in [-0.3, -0.25) is 4.90 Å². The van der Waals surface area contributed by atoms with E-state index in [1.54, 1.807) is 18.3 Å². The van der Waals surface area contributed by atoms with Crippen LogP contribution in [0.3, 0.4) is 0 Å². The van der Waals surface area contributed by atoms with E-state index in [9.17, 15) is 4.39 Å². The lowest BCUT2D eigenvalue weighted by Gasteiger charge is -2.27. The minimum absolute atomic E-state index is 0.256. The van der Waals surface area contributed by atoms with E-state index in [0.717, 1.165) is 56.3 Å². The van der Waals surface area contributed by atoms with Crippen LogP contribution in [0, 0.1) is 5.82 Å². The second-order valence-corrected chi connectivity index (χ2v) is 8.41. The summed E-state index contributed by atoms with van der Waals surface area (Å²) in [5.41, 5.74) is 2.84. The highest BCUT2D eigenvalue weighted by atomic mass is 35.5. The monoisotopic (exact) mass is 465 g/mol. The molecular weight excluding hydrogens is 441 g/mol.